The highest BCUT2D eigenvalue weighted by molar-refractivity contribution is 5.16. The van der Waals surface area contributed by atoms with Crippen LogP contribution in [0.3, 0.4) is 0 Å². The highest BCUT2D eigenvalue weighted by atomic mass is 16.5. The molecule has 5 atom stereocenters. The molecule has 0 N–H and O–H groups in total. The molecule has 0 amide bonds. The molecule has 1 fully saturated rings. The normalized spacial score (nSPS) is 45.1. The molecular formula is C14H24O. The summed E-state index contributed by atoms with van der Waals surface area (Å²) in [6.45, 7) is 10.3. The minimum Gasteiger partial charge on any atom is -0.377 e. The summed E-state index contributed by atoms with van der Waals surface area (Å²) in [4.78, 5) is 0. The van der Waals surface area contributed by atoms with Gasteiger partial charge < -0.3 is 4.74 Å². The van der Waals surface area contributed by atoms with Crippen LogP contribution in [0.25, 0.3) is 0 Å². The molecule has 2 aliphatic rings. The van der Waals surface area contributed by atoms with Gasteiger partial charge in [-0.3, -0.25) is 0 Å². The van der Waals surface area contributed by atoms with Crippen LogP contribution in [-0.2, 0) is 4.74 Å². The first-order valence-electron chi connectivity index (χ1n) is 6.45. The van der Waals surface area contributed by atoms with Gasteiger partial charge in [-0.15, -0.1) is 0 Å². The number of allylic oxidation sites excluding steroid dienone is 1. The zero-order valence-corrected chi connectivity index (χ0v) is 10.5. The highest BCUT2D eigenvalue weighted by Gasteiger charge is 2.42. The van der Waals surface area contributed by atoms with Crippen molar-refractivity contribution in [1.82, 2.24) is 0 Å². The lowest BCUT2D eigenvalue weighted by molar-refractivity contribution is -0.0939. The van der Waals surface area contributed by atoms with E-state index >= 15 is 0 Å². The van der Waals surface area contributed by atoms with Crippen LogP contribution < -0.4 is 0 Å². The molecule has 1 nitrogen and oxygen atoms in total. The van der Waals surface area contributed by atoms with Crippen LogP contribution >= 0.6 is 0 Å². The second-order valence-corrected chi connectivity index (χ2v) is 5.48. The van der Waals surface area contributed by atoms with Crippen molar-refractivity contribution in [2.24, 2.45) is 23.7 Å². The van der Waals surface area contributed by atoms with Crippen molar-refractivity contribution >= 4 is 0 Å². The SMILES string of the molecule is CCC[C@H]1OC[C@@H]2[C@H](C)[C@@H]1C(C)=C[C@@H]2C. The Morgan fingerprint density at radius 2 is 2.13 bits per heavy atom. The van der Waals surface area contributed by atoms with Gasteiger partial charge in [0.05, 0.1) is 12.7 Å². The number of hydrogen-bond donors (Lipinski definition) is 0. The Hall–Kier alpha value is -0.300. The summed E-state index contributed by atoms with van der Waals surface area (Å²) in [6, 6.07) is 0. The topological polar surface area (TPSA) is 9.23 Å². The van der Waals surface area contributed by atoms with Gasteiger partial charge in [0.2, 0.25) is 0 Å². The summed E-state index contributed by atoms with van der Waals surface area (Å²) in [5.74, 6) is 2.97. The van der Waals surface area contributed by atoms with Crippen LogP contribution in [0.4, 0.5) is 0 Å². The first-order chi connectivity index (χ1) is 7.15. The second kappa shape index (κ2) is 4.29. The summed E-state index contributed by atoms with van der Waals surface area (Å²) in [5, 5.41) is 0. The largest absolute Gasteiger partial charge is 0.377 e. The molecule has 0 radical (unpaired) electrons. The Kier molecular flexibility index (Phi) is 3.20. The fourth-order valence-electron chi connectivity index (χ4n) is 3.63. The molecule has 1 saturated heterocycles. The van der Waals surface area contributed by atoms with Gasteiger partial charge >= 0.3 is 0 Å². The van der Waals surface area contributed by atoms with Gasteiger partial charge in [0.25, 0.3) is 0 Å². The molecule has 0 aromatic heterocycles. The van der Waals surface area contributed by atoms with Crippen LogP contribution in [0.2, 0.25) is 0 Å². The predicted molar refractivity (Wildman–Crippen MR) is 63.7 cm³/mol. The van der Waals surface area contributed by atoms with Crippen LogP contribution in [0, 0.1) is 23.7 Å². The number of hydrogen-bond acceptors (Lipinski definition) is 1. The van der Waals surface area contributed by atoms with E-state index in [1.165, 1.54) is 12.8 Å². The van der Waals surface area contributed by atoms with E-state index in [0.29, 0.717) is 17.9 Å². The van der Waals surface area contributed by atoms with Gasteiger partial charge in [-0.05, 0) is 31.1 Å². The van der Waals surface area contributed by atoms with Crippen molar-refractivity contribution < 1.29 is 4.74 Å². The van der Waals surface area contributed by atoms with E-state index in [4.69, 9.17) is 4.74 Å². The molecule has 1 heterocycles. The van der Waals surface area contributed by atoms with E-state index in [1.807, 2.05) is 0 Å². The van der Waals surface area contributed by atoms with Gasteiger partial charge in [0.1, 0.15) is 0 Å². The smallest absolute Gasteiger partial charge is 0.0642 e. The molecule has 0 unspecified atom stereocenters. The van der Waals surface area contributed by atoms with Gasteiger partial charge in [-0.25, -0.2) is 0 Å². The zero-order chi connectivity index (χ0) is 11.0. The van der Waals surface area contributed by atoms with E-state index in [2.05, 4.69) is 33.8 Å². The molecule has 1 heteroatoms. The van der Waals surface area contributed by atoms with Crippen LogP contribution in [-0.4, -0.2) is 12.7 Å². The van der Waals surface area contributed by atoms with E-state index in [9.17, 15) is 0 Å². The Morgan fingerprint density at radius 1 is 1.40 bits per heavy atom. The maximum atomic E-state index is 6.06. The monoisotopic (exact) mass is 208 g/mol. The molecule has 1 aliphatic carbocycles. The van der Waals surface area contributed by atoms with E-state index in [0.717, 1.165) is 18.4 Å². The van der Waals surface area contributed by atoms with Gasteiger partial charge in [0, 0.05) is 5.92 Å². The lowest BCUT2D eigenvalue weighted by atomic mass is 9.65. The lowest BCUT2D eigenvalue weighted by Gasteiger charge is -2.47. The first-order valence-corrected chi connectivity index (χ1v) is 6.45. The van der Waals surface area contributed by atoms with Crippen molar-refractivity contribution in [3.8, 4) is 0 Å². The summed E-state index contributed by atoms with van der Waals surface area (Å²) >= 11 is 0. The maximum absolute atomic E-state index is 6.06. The van der Waals surface area contributed by atoms with Crippen LogP contribution in [0.5, 0.6) is 0 Å². The average molecular weight is 208 g/mol. The van der Waals surface area contributed by atoms with Gasteiger partial charge in [-0.1, -0.05) is 38.8 Å². The fraction of sp³-hybridized carbons (Fsp3) is 0.857. The number of ether oxygens (including phenoxy) is 1. The van der Waals surface area contributed by atoms with Gasteiger partial charge in [0.15, 0.2) is 0 Å². The molecular weight excluding hydrogens is 184 g/mol. The number of fused-ring (bicyclic) bond motifs is 2. The predicted octanol–water partition coefficient (Wildman–Crippen LogP) is 3.65. The third-order valence-corrected chi connectivity index (χ3v) is 4.45. The van der Waals surface area contributed by atoms with Crippen molar-refractivity contribution in [2.75, 3.05) is 6.61 Å². The average Bonchev–Trinajstić information content (AvgIpc) is 2.15. The summed E-state index contributed by atoms with van der Waals surface area (Å²) < 4.78 is 6.06. The lowest BCUT2D eigenvalue weighted by Crippen LogP contribution is -2.46. The van der Waals surface area contributed by atoms with Crippen molar-refractivity contribution in [2.45, 2.75) is 46.6 Å². The summed E-state index contributed by atoms with van der Waals surface area (Å²) in [7, 11) is 0. The van der Waals surface area contributed by atoms with Crippen LogP contribution in [0.15, 0.2) is 11.6 Å². The minimum absolute atomic E-state index is 0.491. The fourth-order valence-corrected chi connectivity index (χ4v) is 3.63. The standard InChI is InChI=1S/C14H24O/c1-5-6-13-14-10(3)7-9(2)12(8-15-13)11(14)4/h7,9,11-14H,5-6,8H2,1-4H3/t9-,11-,12-,13+,14-/m0/s1. The Bertz CT molecular complexity index is 256. The second-order valence-electron chi connectivity index (χ2n) is 5.48. The molecule has 1 aliphatic heterocycles. The molecule has 0 spiro atoms. The molecule has 2 rings (SSSR count). The van der Waals surface area contributed by atoms with Gasteiger partial charge in [-0.2, -0.15) is 0 Å². The van der Waals surface area contributed by atoms with Crippen molar-refractivity contribution in [1.29, 1.82) is 0 Å². The van der Waals surface area contributed by atoms with Crippen molar-refractivity contribution in [3.63, 3.8) is 0 Å². The molecule has 86 valence electrons. The third-order valence-electron chi connectivity index (χ3n) is 4.45. The van der Waals surface area contributed by atoms with Crippen LogP contribution in [0.1, 0.15) is 40.5 Å². The van der Waals surface area contributed by atoms with E-state index < -0.39 is 0 Å². The molecule has 0 aromatic carbocycles. The Balaban J connectivity index is 2.22. The Morgan fingerprint density at radius 3 is 2.80 bits per heavy atom. The maximum Gasteiger partial charge on any atom is 0.0642 e. The number of rotatable bonds is 2. The minimum atomic E-state index is 0.491. The Labute approximate surface area is 93.9 Å². The third kappa shape index (κ3) is 1.87. The van der Waals surface area contributed by atoms with E-state index in [1.54, 1.807) is 5.57 Å². The van der Waals surface area contributed by atoms with Crippen molar-refractivity contribution in [3.05, 3.63) is 11.6 Å². The first kappa shape index (κ1) is 11.2. The molecule has 15 heavy (non-hydrogen) atoms. The zero-order valence-electron chi connectivity index (χ0n) is 10.5. The highest BCUT2D eigenvalue weighted by Crippen LogP contribution is 2.45. The van der Waals surface area contributed by atoms with E-state index in [-0.39, 0.29) is 0 Å². The summed E-state index contributed by atoms with van der Waals surface area (Å²) in [6.07, 6.45) is 5.44. The summed E-state index contributed by atoms with van der Waals surface area (Å²) in [5.41, 5.74) is 1.57. The molecule has 0 aromatic rings. The molecule has 2 bridgehead atoms. The quantitative estimate of drug-likeness (QED) is 0.629. The molecule has 0 saturated carbocycles.